The minimum Gasteiger partial charge on any atom is -0.494 e. The van der Waals surface area contributed by atoms with E-state index in [-0.39, 0.29) is 23.9 Å². The monoisotopic (exact) mass is 455 g/mol. The Balaban J connectivity index is 1.42. The molecule has 33 heavy (non-hydrogen) atoms. The van der Waals surface area contributed by atoms with Gasteiger partial charge in [-0.05, 0) is 56.2 Å². The first-order chi connectivity index (χ1) is 16.0. The number of aromatic nitrogens is 2. The van der Waals surface area contributed by atoms with Crippen molar-refractivity contribution in [2.45, 2.75) is 52.5 Å². The highest BCUT2D eigenvalue weighted by atomic mass is 16.5. The molecule has 1 N–H and O–H groups in total. The number of aryl methyl sites for hydroxylation is 2. The maximum atomic E-state index is 12.9. The summed E-state index contributed by atoms with van der Waals surface area (Å²) in [5.74, 6) is 0.251. The molecule has 8 heteroatoms. The molecule has 0 atom stereocenters. The van der Waals surface area contributed by atoms with E-state index in [0.717, 1.165) is 49.4 Å². The normalized spacial score (nSPS) is 17.2. The number of amides is 1. The molecule has 1 aromatic heterocycles. The lowest BCUT2D eigenvalue weighted by Crippen LogP contribution is -2.40. The van der Waals surface area contributed by atoms with Crippen molar-refractivity contribution >= 4 is 11.9 Å². The highest BCUT2D eigenvalue weighted by Gasteiger charge is 2.39. The van der Waals surface area contributed by atoms with E-state index in [1.165, 1.54) is 0 Å². The second kappa shape index (κ2) is 10.4. The number of hydrogen-bond acceptors (Lipinski definition) is 6. The van der Waals surface area contributed by atoms with Crippen LogP contribution < -0.4 is 10.1 Å². The zero-order valence-corrected chi connectivity index (χ0v) is 19.5. The number of nitrogens with zero attached hydrogens (tertiary/aromatic N) is 2. The van der Waals surface area contributed by atoms with Crippen molar-refractivity contribution < 1.29 is 23.8 Å². The molecule has 178 valence electrons. The lowest BCUT2D eigenvalue weighted by Gasteiger charge is -2.36. The van der Waals surface area contributed by atoms with Gasteiger partial charge in [-0.15, -0.1) is 0 Å². The standard InChI is InChI=1S/C25H33N3O5/c1-3-20-22-21(16-25(17-26-23(22)29)9-13-31-14-10-25)28(27-20)11-6-12-33-24(30)18-7-5-8-19(15-18)32-4-2/h5,7-8,15H,3-4,6,9-14,16-17H2,1-2H3,(H,26,29). The molecule has 0 saturated carbocycles. The molecule has 8 nitrogen and oxygen atoms in total. The van der Waals surface area contributed by atoms with E-state index in [2.05, 4.69) is 5.32 Å². The SMILES string of the molecule is CCOc1cccc(C(=O)OCCCn2nc(CC)c3c2CC2(CCOCC2)CNC3=O)c1. The Kier molecular flexibility index (Phi) is 7.33. The largest absolute Gasteiger partial charge is 0.494 e. The summed E-state index contributed by atoms with van der Waals surface area (Å²) >= 11 is 0. The van der Waals surface area contributed by atoms with E-state index in [9.17, 15) is 9.59 Å². The second-order valence-corrected chi connectivity index (χ2v) is 8.77. The van der Waals surface area contributed by atoms with Crippen LogP contribution in [0.5, 0.6) is 5.75 Å². The molecule has 1 fully saturated rings. The van der Waals surface area contributed by atoms with Gasteiger partial charge in [0.1, 0.15) is 5.75 Å². The number of hydrogen-bond donors (Lipinski definition) is 1. The van der Waals surface area contributed by atoms with Gasteiger partial charge in [-0.2, -0.15) is 5.10 Å². The van der Waals surface area contributed by atoms with Gasteiger partial charge in [0.05, 0.1) is 35.7 Å². The van der Waals surface area contributed by atoms with Crippen LogP contribution in [0.3, 0.4) is 0 Å². The van der Waals surface area contributed by atoms with E-state index in [1.807, 2.05) is 24.6 Å². The van der Waals surface area contributed by atoms with Crippen LogP contribution in [0.1, 0.15) is 65.2 Å². The first kappa shape index (κ1) is 23.3. The minimum absolute atomic E-state index is 0.0139. The number of ether oxygens (including phenoxy) is 3. The number of fused-ring (bicyclic) bond motifs is 1. The van der Waals surface area contributed by atoms with Crippen molar-refractivity contribution in [2.75, 3.05) is 33.0 Å². The summed E-state index contributed by atoms with van der Waals surface area (Å²) in [6.45, 7) is 7.45. The van der Waals surface area contributed by atoms with Gasteiger partial charge in [-0.1, -0.05) is 13.0 Å². The van der Waals surface area contributed by atoms with Crippen LogP contribution in [0.4, 0.5) is 0 Å². The number of rotatable bonds is 8. The minimum atomic E-state index is -0.370. The van der Waals surface area contributed by atoms with E-state index in [1.54, 1.807) is 18.2 Å². The number of esters is 1. The molecule has 1 amide bonds. The number of nitrogens with one attached hydrogen (secondary N) is 1. The highest BCUT2D eigenvalue weighted by molar-refractivity contribution is 5.97. The summed E-state index contributed by atoms with van der Waals surface area (Å²) in [7, 11) is 0. The maximum Gasteiger partial charge on any atom is 0.338 e. The van der Waals surface area contributed by atoms with Crippen LogP contribution in [0.25, 0.3) is 0 Å². The number of carbonyl (C=O) groups is 2. The predicted octanol–water partition coefficient (Wildman–Crippen LogP) is 3.17. The summed E-state index contributed by atoms with van der Waals surface area (Å²) in [6, 6.07) is 7.01. The molecule has 1 saturated heterocycles. The van der Waals surface area contributed by atoms with Crippen LogP contribution >= 0.6 is 0 Å². The van der Waals surface area contributed by atoms with Crippen molar-refractivity contribution in [1.29, 1.82) is 0 Å². The van der Waals surface area contributed by atoms with Crippen molar-refractivity contribution in [3.63, 3.8) is 0 Å². The fraction of sp³-hybridized carbons (Fsp3) is 0.560. The molecule has 2 aliphatic heterocycles. The third kappa shape index (κ3) is 5.21. The fourth-order valence-electron chi connectivity index (χ4n) is 4.70. The van der Waals surface area contributed by atoms with Gasteiger partial charge in [0.2, 0.25) is 0 Å². The molecule has 4 rings (SSSR count). The van der Waals surface area contributed by atoms with Gasteiger partial charge in [0.15, 0.2) is 0 Å². The Morgan fingerprint density at radius 2 is 2.09 bits per heavy atom. The lowest BCUT2D eigenvalue weighted by molar-refractivity contribution is 0.0152. The topological polar surface area (TPSA) is 91.7 Å². The number of benzene rings is 1. The molecule has 3 heterocycles. The Morgan fingerprint density at radius 3 is 2.85 bits per heavy atom. The van der Waals surface area contributed by atoms with Crippen LogP contribution in [0.15, 0.2) is 24.3 Å². The first-order valence-electron chi connectivity index (χ1n) is 11.9. The molecule has 0 radical (unpaired) electrons. The van der Waals surface area contributed by atoms with Gasteiger partial charge in [-0.3, -0.25) is 9.48 Å². The highest BCUT2D eigenvalue weighted by Crippen LogP contribution is 2.37. The van der Waals surface area contributed by atoms with E-state index in [4.69, 9.17) is 19.3 Å². The summed E-state index contributed by atoms with van der Waals surface area (Å²) in [5, 5.41) is 7.89. The van der Waals surface area contributed by atoms with Crippen LogP contribution in [-0.4, -0.2) is 54.6 Å². The van der Waals surface area contributed by atoms with Crippen LogP contribution in [0, 0.1) is 5.41 Å². The molecule has 1 aromatic carbocycles. The van der Waals surface area contributed by atoms with Crippen LogP contribution in [0.2, 0.25) is 0 Å². The molecular weight excluding hydrogens is 422 g/mol. The fourth-order valence-corrected chi connectivity index (χ4v) is 4.70. The third-order valence-corrected chi connectivity index (χ3v) is 6.54. The van der Waals surface area contributed by atoms with Crippen molar-refractivity contribution in [1.82, 2.24) is 15.1 Å². The molecule has 2 aromatic rings. The lowest BCUT2D eigenvalue weighted by atomic mass is 9.76. The maximum absolute atomic E-state index is 12.9. The Hall–Kier alpha value is -2.87. The Labute approximate surface area is 194 Å². The van der Waals surface area contributed by atoms with Crippen LogP contribution in [-0.2, 0) is 28.9 Å². The van der Waals surface area contributed by atoms with Crippen molar-refractivity contribution in [3.05, 3.63) is 46.8 Å². The zero-order valence-electron chi connectivity index (χ0n) is 19.5. The summed E-state index contributed by atoms with van der Waals surface area (Å²) in [5.41, 5.74) is 3.04. The van der Waals surface area contributed by atoms with Crippen molar-refractivity contribution in [2.24, 2.45) is 5.41 Å². The molecule has 0 bridgehead atoms. The Morgan fingerprint density at radius 1 is 1.27 bits per heavy atom. The summed E-state index contributed by atoms with van der Waals surface area (Å²) in [4.78, 5) is 25.3. The quantitative estimate of drug-likeness (QED) is 0.486. The van der Waals surface area contributed by atoms with Gasteiger partial charge < -0.3 is 19.5 Å². The zero-order chi connectivity index (χ0) is 23.3. The molecule has 0 unspecified atom stereocenters. The predicted molar refractivity (Wildman–Crippen MR) is 123 cm³/mol. The van der Waals surface area contributed by atoms with E-state index >= 15 is 0 Å². The Bertz CT molecular complexity index is 994. The average molecular weight is 456 g/mol. The second-order valence-electron chi connectivity index (χ2n) is 8.77. The van der Waals surface area contributed by atoms with Gasteiger partial charge in [0, 0.05) is 32.7 Å². The molecular formula is C25H33N3O5. The van der Waals surface area contributed by atoms with E-state index in [0.29, 0.717) is 43.9 Å². The molecule has 2 aliphatic rings. The van der Waals surface area contributed by atoms with Gasteiger partial charge in [0.25, 0.3) is 5.91 Å². The third-order valence-electron chi connectivity index (χ3n) is 6.54. The summed E-state index contributed by atoms with van der Waals surface area (Å²) in [6.07, 6.45) is 3.98. The molecule has 0 aliphatic carbocycles. The summed E-state index contributed by atoms with van der Waals surface area (Å²) < 4.78 is 18.5. The smallest absolute Gasteiger partial charge is 0.338 e. The van der Waals surface area contributed by atoms with Gasteiger partial charge >= 0.3 is 5.97 Å². The number of carbonyl (C=O) groups excluding carboxylic acids is 2. The van der Waals surface area contributed by atoms with Crippen molar-refractivity contribution in [3.8, 4) is 5.75 Å². The van der Waals surface area contributed by atoms with E-state index < -0.39 is 0 Å². The van der Waals surface area contributed by atoms with Gasteiger partial charge in [-0.25, -0.2) is 4.79 Å². The first-order valence-corrected chi connectivity index (χ1v) is 11.9. The molecule has 1 spiro atoms. The average Bonchev–Trinajstić information content (AvgIpc) is 3.11.